The Kier molecular flexibility index (Phi) is 5.35. The fourth-order valence-corrected chi connectivity index (χ4v) is 3.51. The van der Waals surface area contributed by atoms with Crippen molar-refractivity contribution in [3.05, 3.63) is 29.8 Å². The molecule has 1 aliphatic rings. The fourth-order valence-electron chi connectivity index (χ4n) is 3.51. The Bertz CT molecular complexity index is 422. The highest BCUT2D eigenvalue weighted by Gasteiger charge is 2.31. The molecule has 0 atom stereocenters. The van der Waals surface area contributed by atoms with E-state index in [1.54, 1.807) is 0 Å². The summed E-state index contributed by atoms with van der Waals surface area (Å²) in [5.41, 5.74) is 3.23. The highest BCUT2D eigenvalue weighted by molar-refractivity contribution is 5.46. The van der Waals surface area contributed by atoms with Crippen molar-refractivity contribution in [2.75, 3.05) is 5.32 Å². The van der Waals surface area contributed by atoms with Gasteiger partial charge in [0, 0.05) is 11.7 Å². The van der Waals surface area contributed by atoms with Gasteiger partial charge in [0.25, 0.3) is 0 Å². The second kappa shape index (κ2) is 6.85. The first-order valence-corrected chi connectivity index (χ1v) is 8.79. The molecule has 0 amide bonds. The molecule has 1 aromatic carbocycles. The summed E-state index contributed by atoms with van der Waals surface area (Å²) in [7, 11) is 0. The zero-order valence-corrected chi connectivity index (χ0v) is 14.6. The van der Waals surface area contributed by atoms with Gasteiger partial charge in [-0.1, -0.05) is 53.2 Å². The molecule has 0 unspecified atom stereocenters. The number of rotatable bonds is 5. The lowest BCUT2D eigenvalue weighted by Crippen LogP contribution is -2.32. The predicted octanol–water partition coefficient (Wildman–Crippen LogP) is 6.22. The minimum absolute atomic E-state index is 0.518. The smallest absolute Gasteiger partial charge is 0.0342 e. The van der Waals surface area contributed by atoms with E-state index in [1.807, 2.05) is 0 Å². The van der Waals surface area contributed by atoms with Gasteiger partial charge in [0.15, 0.2) is 0 Å². The Morgan fingerprint density at radius 3 is 2.10 bits per heavy atom. The van der Waals surface area contributed by atoms with E-state index in [0.717, 1.165) is 5.92 Å². The summed E-state index contributed by atoms with van der Waals surface area (Å²) in [6.07, 6.45) is 6.69. The molecule has 0 spiro atoms. The Morgan fingerprint density at radius 2 is 1.62 bits per heavy atom. The molecule has 118 valence electrons. The van der Waals surface area contributed by atoms with Crippen LogP contribution in [0.3, 0.4) is 0 Å². The summed E-state index contributed by atoms with van der Waals surface area (Å²) in [4.78, 5) is 0. The van der Waals surface area contributed by atoms with Crippen LogP contribution in [-0.2, 0) is 0 Å². The minimum atomic E-state index is 0.518. The lowest BCUT2D eigenvalue weighted by molar-refractivity contribution is 0.147. The van der Waals surface area contributed by atoms with E-state index in [0.29, 0.717) is 17.4 Å². The van der Waals surface area contributed by atoms with Crippen molar-refractivity contribution >= 4 is 5.69 Å². The van der Waals surface area contributed by atoms with Gasteiger partial charge in [0.05, 0.1) is 0 Å². The van der Waals surface area contributed by atoms with Crippen LogP contribution in [0.5, 0.6) is 0 Å². The van der Waals surface area contributed by atoms with E-state index in [1.165, 1.54) is 43.4 Å². The summed E-state index contributed by atoms with van der Waals surface area (Å²) in [5, 5.41) is 3.74. The van der Waals surface area contributed by atoms with Crippen LogP contribution in [0.1, 0.15) is 78.2 Å². The van der Waals surface area contributed by atoms with Gasteiger partial charge in [-0.15, -0.1) is 0 Å². The third kappa shape index (κ3) is 4.25. The largest absolute Gasteiger partial charge is 0.382 e. The van der Waals surface area contributed by atoms with Gasteiger partial charge in [-0.2, -0.15) is 0 Å². The third-order valence-corrected chi connectivity index (χ3v) is 5.69. The standard InChI is InChI=1S/C20H33N/c1-6-20(4,5)17-9-13-19(14-10-17)21-18-11-7-16(8-12-18)15(2)3/h7-8,11-12,15,17,19,21H,6,9-10,13-14H2,1-5H3. The average Bonchev–Trinajstić information content (AvgIpc) is 2.48. The summed E-state index contributed by atoms with van der Waals surface area (Å²) in [6.45, 7) is 11.7. The van der Waals surface area contributed by atoms with E-state index >= 15 is 0 Å². The SMILES string of the molecule is CCC(C)(C)C1CCC(Nc2ccc(C(C)C)cc2)CC1. The molecule has 0 aromatic heterocycles. The van der Waals surface area contributed by atoms with Crippen molar-refractivity contribution in [1.82, 2.24) is 0 Å². The molecule has 0 saturated heterocycles. The molecule has 0 aliphatic heterocycles. The van der Waals surface area contributed by atoms with Gasteiger partial charge >= 0.3 is 0 Å². The van der Waals surface area contributed by atoms with E-state index in [2.05, 4.69) is 64.2 Å². The van der Waals surface area contributed by atoms with Crippen molar-refractivity contribution in [2.24, 2.45) is 11.3 Å². The zero-order chi connectivity index (χ0) is 15.5. The van der Waals surface area contributed by atoms with Crippen LogP contribution in [-0.4, -0.2) is 6.04 Å². The first-order valence-electron chi connectivity index (χ1n) is 8.79. The summed E-state index contributed by atoms with van der Waals surface area (Å²) in [6, 6.07) is 9.69. The van der Waals surface area contributed by atoms with Gasteiger partial charge in [-0.25, -0.2) is 0 Å². The minimum Gasteiger partial charge on any atom is -0.382 e. The lowest BCUT2D eigenvalue weighted by atomic mass is 9.69. The molecule has 1 fully saturated rings. The van der Waals surface area contributed by atoms with Crippen LogP contribution < -0.4 is 5.32 Å². The number of hydrogen-bond donors (Lipinski definition) is 1. The summed E-state index contributed by atoms with van der Waals surface area (Å²) >= 11 is 0. The van der Waals surface area contributed by atoms with Gasteiger partial charge < -0.3 is 5.32 Å². The Labute approximate surface area is 131 Å². The molecule has 1 aliphatic carbocycles. The summed E-state index contributed by atoms with van der Waals surface area (Å²) in [5.74, 6) is 1.52. The average molecular weight is 287 g/mol. The topological polar surface area (TPSA) is 12.0 Å². The van der Waals surface area contributed by atoms with Crippen LogP contribution in [0.25, 0.3) is 0 Å². The van der Waals surface area contributed by atoms with Crippen molar-refractivity contribution in [1.29, 1.82) is 0 Å². The van der Waals surface area contributed by atoms with Crippen molar-refractivity contribution in [3.8, 4) is 0 Å². The molecule has 1 N–H and O–H groups in total. The highest BCUT2D eigenvalue weighted by atomic mass is 14.9. The van der Waals surface area contributed by atoms with Gasteiger partial charge in [-0.3, -0.25) is 0 Å². The molecule has 1 saturated carbocycles. The Hall–Kier alpha value is -0.980. The van der Waals surface area contributed by atoms with Gasteiger partial charge in [0.2, 0.25) is 0 Å². The first-order chi connectivity index (χ1) is 9.92. The molecule has 1 heteroatoms. The van der Waals surface area contributed by atoms with E-state index in [9.17, 15) is 0 Å². The molecular weight excluding hydrogens is 254 g/mol. The molecule has 0 heterocycles. The quantitative estimate of drug-likeness (QED) is 0.678. The molecule has 0 bridgehead atoms. The molecule has 2 rings (SSSR count). The molecule has 0 radical (unpaired) electrons. The molecular formula is C20H33N. The van der Waals surface area contributed by atoms with Crippen LogP contribution in [0.15, 0.2) is 24.3 Å². The van der Waals surface area contributed by atoms with Crippen LogP contribution in [0.4, 0.5) is 5.69 Å². The molecule has 1 aromatic rings. The number of hydrogen-bond acceptors (Lipinski definition) is 1. The second-order valence-electron chi connectivity index (χ2n) is 7.81. The summed E-state index contributed by atoms with van der Waals surface area (Å²) < 4.78 is 0. The normalized spacial score (nSPS) is 23.3. The van der Waals surface area contributed by atoms with E-state index in [-0.39, 0.29) is 0 Å². The maximum Gasteiger partial charge on any atom is 0.0342 e. The predicted molar refractivity (Wildman–Crippen MR) is 94.0 cm³/mol. The van der Waals surface area contributed by atoms with Crippen molar-refractivity contribution in [2.45, 2.75) is 78.7 Å². The van der Waals surface area contributed by atoms with Crippen LogP contribution in [0, 0.1) is 11.3 Å². The van der Waals surface area contributed by atoms with Crippen molar-refractivity contribution in [3.63, 3.8) is 0 Å². The Morgan fingerprint density at radius 1 is 1.05 bits per heavy atom. The first kappa shape index (κ1) is 16.4. The Balaban J connectivity index is 1.86. The number of nitrogens with one attached hydrogen (secondary N) is 1. The van der Waals surface area contributed by atoms with E-state index in [4.69, 9.17) is 0 Å². The highest BCUT2D eigenvalue weighted by Crippen LogP contribution is 2.40. The second-order valence-corrected chi connectivity index (χ2v) is 7.81. The van der Waals surface area contributed by atoms with Crippen molar-refractivity contribution < 1.29 is 0 Å². The molecule has 1 nitrogen and oxygen atoms in total. The number of anilines is 1. The maximum absolute atomic E-state index is 3.74. The zero-order valence-electron chi connectivity index (χ0n) is 14.6. The van der Waals surface area contributed by atoms with Gasteiger partial charge in [0.1, 0.15) is 0 Å². The third-order valence-electron chi connectivity index (χ3n) is 5.69. The van der Waals surface area contributed by atoms with Crippen LogP contribution in [0.2, 0.25) is 0 Å². The molecule has 21 heavy (non-hydrogen) atoms. The monoisotopic (exact) mass is 287 g/mol. The number of benzene rings is 1. The maximum atomic E-state index is 3.74. The van der Waals surface area contributed by atoms with Crippen LogP contribution >= 0.6 is 0 Å². The fraction of sp³-hybridized carbons (Fsp3) is 0.700. The van der Waals surface area contributed by atoms with E-state index < -0.39 is 0 Å². The lowest BCUT2D eigenvalue weighted by Gasteiger charge is -2.39. The van der Waals surface area contributed by atoms with Gasteiger partial charge in [-0.05, 0) is 60.6 Å².